The average molecular weight is 350 g/mol. The Morgan fingerprint density at radius 3 is 2.35 bits per heavy atom. The van der Waals surface area contributed by atoms with E-state index in [0.717, 1.165) is 39.0 Å². The molecule has 1 heterocycles. The molecule has 0 spiro atoms. The van der Waals surface area contributed by atoms with Crippen molar-refractivity contribution in [2.75, 3.05) is 46.4 Å². The largest absolute Gasteiger partial charge is 0.384 e. The van der Waals surface area contributed by atoms with Gasteiger partial charge in [0.15, 0.2) is 0 Å². The Bertz CT molecular complexity index is 351. The normalized spacial score (nSPS) is 16.3. The topological polar surface area (TPSA) is 70.7 Å². The van der Waals surface area contributed by atoms with Gasteiger partial charge in [-0.3, -0.25) is 9.59 Å². The Kier molecular flexibility index (Phi) is 11.2. The highest BCUT2D eigenvalue weighted by Gasteiger charge is 2.39. The molecule has 0 saturated carbocycles. The summed E-state index contributed by atoms with van der Waals surface area (Å²) in [5.74, 6) is 0.221. The standard InChI is InChI=1S/C16H31N3O3.ClH/c1-4-19(5-2)14(20)7-6-10-18-15(21)16(13-22-3)8-11-17-12-9-16;/h17H,4-13H2,1-3H3,(H,18,21);1H. The highest BCUT2D eigenvalue weighted by Crippen LogP contribution is 2.29. The molecule has 2 N–H and O–H groups in total. The summed E-state index contributed by atoms with van der Waals surface area (Å²) >= 11 is 0. The molecule has 6 nitrogen and oxygen atoms in total. The van der Waals surface area contributed by atoms with Gasteiger partial charge >= 0.3 is 0 Å². The summed E-state index contributed by atoms with van der Waals surface area (Å²) in [6.45, 7) is 8.14. The first-order valence-electron chi connectivity index (χ1n) is 8.35. The zero-order chi connectivity index (χ0) is 16.4. The van der Waals surface area contributed by atoms with Crippen LogP contribution in [-0.4, -0.2) is 63.2 Å². The number of halogens is 1. The number of amides is 2. The molecule has 1 fully saturated rings. The molecule has 0 atom stereocenters. The summed E-state index contributed by atoms with van der Waals surface area (Å²) in [4.78, 5) is 26.2. The monoisotopic (exact) mass is 349 g/mol. The molecule has 1 saturated heterocycles. The van der Waals surface area contributed by atoms with E-state index in [9.17, 15) is 9.59 Å². The van der Waals surface area contributed by atoms with E-state index in [2.05, 4.69) is 10.6 Å². The summed E-state index contributed by atoms with van der Waals surface area (Å²) in [6, 6.07) is 0. The van der Waals surface area contributed by atoms with Crippen LogP contribution in [0.1, 0.15) is 39.5 Å². The molecule has 136 valence electrons. The number of carbonyl (C=O) groups excluding carboxylic acids is 2. The number of hydrogen-bond acceptors (Lipinski definition) is 4. The first-order valence-corrected chi connectivity index (χ1v) is 8.35. The Balaban J connectivity index is 0.00000484. The van der Waals surface area contributed by atoms with Crippen LogP contribution < -0.4 is 10.6 Å². The second kappa shape index (κ2) is 11.6. The second-order valence-corrected chi connectivity index (χ2v) is 5.89. The number of piperidine rings is 1. The lowest BCUT2D eigenvalue weighted by Crippen LogP contribution is -2.50. The molecule has 1 aliphatic rings. The maximum atomic E-state index is 12.5. The van der Waals surface area contributed by atoms with E-state index in [0.29, 0.717) is 26.0 Å². The Labute approximate surface area is 146 Å². The zero-order valence-corrected chi connectivity index (χ0v) is 15.5. The van der Waals surface area contributed by atoms with E-state index >= 15 is 0 Å². The van der Waals surface area contributed by atoms with Crippen LogP contribution >= 0.6 is 12.4 Å². The van der Waals surface area contributed by atoms with Crippen molar-refractivity contribution in [3.8, 4) is 0 Å². The van der Waals surface area contributed by atoms with E-state index in [1.807, 2.05) is 18.7 Å². The van der Waals surface area contributed by atoms with Crippen LogP contribution in [0.2, 0.25) is 0 Å². The molecule has 0 aromatic heterocycles. The van der Waals surface area contributed by atoms with Crippen molar-refractivity contribution in [1.29, 1.82) is 0 Å². The minimum absolute atomic E-state index is 0. The molecule has 0 aliphatic carbocycles. The van der Waals surface area contributed by atoms with Crippen LogP contribution in [0, 0.1) is 5.41 Å². The Hall–Kier alpha value is -0.850. The highest BCUT2D eigenvalue weighted by molar-refractivity contribution is 5.85. The van der Waals surface area contributed by atoms with Gasteiger partial charge in [-0.05, 0) is 46.2 Å². The minimum Gasteiger partial charge on any atom is -0.384 e. The first kappa shape index (κ1) is 22.1. The summed E-state index contributed by atoms with van der Waals surface area (Å²) in [6.07, 6.45) is 2.76. The molecule has 0 unspecified atom stereocenters. The molecule has 1 rings (SSSR count). The van der Waals surface area contributed by atoms with Crippen LogP contribution in [0.3, 0.4) is 0 Å². The van der Waals surface area contributed by atoms with Crippen LogP contribution in [0.4, 0.5) is 0 Å². The summed E-state index contributed by atoms with van der Waals surface area (Å²) < 4.78 is 5.26. The van der Waals surface area contributed by atoms with Crippen molar-refractivity contribution in [1.82, 2.24) is 15.5 Å². The lowest BCUT2D eigenvalue weighted by Gasteiger charge is -2.35. The Morgan fingerprint density at radius 2 is 1.83 bits per heavy atom. The smallest absolute Gasteiger partial charge is 0.228 e. The number of nitrogens with zero attached hydrogens (tertiary/aromatic N) is 1. The SMILES string of the molecule is CCN(CC)C(=O)CCCNC(=O)C1(COC)CCNCC1.Cl. The minimum atomic E-state index is -0.414. The number of ether oxygens (including phenoxy) is 1. The fourth-order valence-electron chi connectivity index (χ4n) is 2.98. The van der Waals surface area contributed by atoms with Crippen LogP contribution in [0.5, 0.6) is 0 Å². The predicted molar refractivity (Wildman–Crippen MR) is 93.8 cm³/mol. The van der Waals surface area contributed by atoms with Crippen molar-refractivity contribution in [2.24, 2.45) is 5.41 Å². The number of hydrogen-bond donors (Lipinski definition) is 2. The molecule has 7 heteroatoms. The third kappa shape index (κ3) is 6.65. The first-order chi connectivity index (χ1) is 10.6. The summed E-state index contributed by atoms with van der Waals surface area (Å²) in [7, 11) is 1.64. The quantitative estimate of drug-likeness (QED) is 0.613. The van der Waals surface area contributed by atoms with E-state index in [1.165, 1.54) is 0 Å². The van der Waals surface area contributed by atoms with Gasteiger partial charge < -0.3 is 20.3 Å². The van der Waals surface area contributed by atoms with E-state index in [-0.39, 0.29) is 24.2 Å². The van der Waals surface area contributed by atoms with Crippen molar-refractivity contribution in [3.05, 3.63) is 0 Å². The van der Waals surface area contributed by atoms with Crippen LogP contribution in [0.15, 0.2) is 0 Å². The van der Waals surface area contributed by atoms with Gasteiger partial charge in [0.2, 0.25) is 11.8 Å². The van der Waals surface area contributed by atoms with Gasteiger partial charge in [0.05, 0.1) is 12.0 Å². The molecule has 0 radical (unpaired) electrons. The predicted octanol–water partition coefficient (Wildman–Crippen LogP) is 1.19. The second-order valence-electron chi connectivity index (χ2n) is 5.89. The zero-order valence-electron chi connectivity index (χ0n) is 14.7. The molecule has 2 amide bonds. The molecular formula is C16H32ClN3O3. The van der Waals surface area contributed by atoms with Crippen molar-refractivity contribution < 1.29 is 14.3 Å². The van der Waals surface area contributed by atoms with Crippen LogP contribution in [-0.2, 0) is 14.3 Å². The van der Waals surface area contributed by atoms with Gasteiger partial charge in [-0.25, -0.2) is 0 Å². The lowest BCUT2D eigenvalue weighted by molar-refractivity contribution is -0.136. The third-order valence-electron chi connectivity index (χ3n) is 4.43. The average Bonchev–Trinajstić information content (AvgIpc) is 2.53. The van der Waals surface area contributed by atoms with Crippen molar-refractivity contribution in [2.45, 2.75) is 39.5 Å². The van der Waals surface area contributed by atoms with Crippen LogP contribution in [0.25, 0.3) is 0 Å². The van der Waals surface area contributed by atoms with Crippen molar-refractivity contribution in [3.63, 3.8) is 0 Å². The van der Waals surface area contributed by atoms with Gasteiger partial charge in [0.25, 0.3) is 0 Å². The fraction of sp³-hybridized carbons (Fsp3) is 0.875. The van der Waals surface area contributed by atoms with Gasteiger partial charge in [-0.1, -0.05) is 0 Å². The van der Waals surface area contributed by atoms with Gasteiger partial charge in [-0.2, -0.15) is 0 Å². The lowest BCUT2D eigenvalue weighted by atomic mass is 9.78. The third-order valence-corrected chi connectivity index (χ3v) is 4.43. The number of nitrogens with one attached hydrogen (secondary N) is 2. The maximum absolute atomic E-state index is 12.5. The molecule has 0 aromatic rings. The fourth-order valence-corrected chi connectivity index (χ4v) is 2.98. The summed E-state index contributed by atoms with van der Waals surface area (Å²) in [5.41, 5.74) is -0.414. The number of rotatable bonds is 9. The van der Waals surface area contributed by atoms with Crippen molar-refractivity contribution >= 4 is 24.2 Å². The van der Waals surface area contributed by atoms with E-state index in [1.54, 1.807) is 7.11 Å². The molecule has 0 aromatic carbocycles. The van der Waals surface area contributed by atoms with Gasteiger partial charge in [0, 0.05) is 33.2 Å². The van der Waals surface area contributed by atoms with Gasteiger partial charge in [0.1, 0.15) is 0 Å². The van der Waals surface area contributed by atoms with E-state index in [4.69, 9.17) is 4.74 Å². The number of methoxy groups -OCH3 is 1. The Morgan fingerprint density at radius 1 is 1.22 bits per heavy atom. The highest BCUT2D eigenvalue weighted by atomic mass is 35.5. The molecule has 23 heavy (non-hydrogen) atoms. The van der Waals surface area contributed by atoms with E-state index < -0.39 is 5.41 Å². The summed E-state index contributed by atoms with van der Waals surface area (Å²) in [5, 5.41) is 6.27. The molecule has 0 bridgehead atoms. The number of carbonyl (C=O) groups is 2. The maximum Gasteiger partial charge on any atom is 0.228 e. The van der Waals surface area contributed by atoms with Gasteiger partial charge in [-0.15, -0.1) is 12.4 Å². The molecular weight excluding hydrogens is 318 g/mol. The molecule has 1 aliphatic heterocycles.